The Kier molecular flexibility index (Phi) is 6.00. The standard InChI is InChI=1S/C19H14F3N5O4/c1-31-18(28)11-2-6-13(7-3-11)25-16-15(27(29)30)17(24-10-23-16)26-14-8-4-12(5-9-14)19(20,21)22/h2-10H,1H3,(H2,23,24,25,26). The fourth-order valence-electron chi connectivity index (χ4n) is 2.56. The van der Waals surface area contributed by atoms with Crippen LogP contribution in [-0.2, 0) is 10.9 Å². The van der Waals surface area contributed by atoms with Crippen LogP contribution in [0.1, 0.15) is 15.9 Å². The molecular weight excluding hydrogens is 419 g/mol. The predicted molar refractivity (Wildman–Crippen MR) is 104 cm³/mol. The molecule has 0 amide bonds. The highest BCUT2D eigenvalue weighted by atomic mass is 19.4. The first-order valence-corrected chi connectivity index (χ1v) is 8.58. The maximum Gasteiger partial charge on any atom is 0.416 e. The largest absolute Gasteiger partial charge is 0.465 e. The van der Waals surface area contributed by atoms with Crippen LogP contribution in [0.4, 0.5) is 41.9 Å². The number of carbonyl (C=O) groups excluding carboxylic acids is 1. The van der Waals surface area contributed by atoms with E-state index in [4.69, 9.17) is 0 Å². The van der Waals surface area contributed by atoms with Crippen LogP contribution in [0.5, 0.6) is 0 Å². The molecule has 0 radical (unpaired) electrons. The average Bonchev–Trinajstić information content (AvgIpc) is 2.73. The molecule has 3 rings (SSSR count). The van der Waals surface area contributed by atoms with Gasteiger partial charge in [-0.3, -0.25) is 10.1 Å². The van der Waals surface area contributed by atoms with E-state index in [0.717, 1.165) is 30.6 Å². The van der Waals surface area contributed by atoms with Gasteiger partial charge in [-0.15, -0.1) is 0 Å². The van der Waals surface area contributed by atoms with Crippen LogP contribution in [0, 0.1) is 10.1 Å². The Morgan fingerprint density at radius 3 is 1.87 bits per heavy atom. The monoisotopic (exact) mass is 433 g/mol. The molecule has 0 spiro atoms. The predicted octanol–water partition coefficient (Wildman–Crippen LogP) is 4.68. The van der Waals surface area contributed by atoms with Gasteiger partial charge in [0.2, 0.25) is 11.6 Å². The number of benzene rings is 2. The molecule has 31 heavy (non-hydrogen) atoms. The van der Waals surface area contributed by atoms with Crippen molar-refractivity contribution in [3.63, 3.8) is 0 Å². The van der Waals surface area contributed by atoms with E-state index >= 15 is 0 Å². The zero-order chi connectivity index (χ0) is 22.6. The van der Waals surface area contributed by atoms with Crippen LogP contribution in [0.2, 0.25) is 0 Å². The van der Waals surface area contributed by atoms with Crippen LogP contribution in [-0.4, -0.2) is 28.0 Å². The van der Waals surface area contributed by atoms with Crippen molar-refractivity contribution < 1.29 is 27.6 Å². The van der Waals surface area contributed by atoms with Crippen LogP contribution >= 0.6 is 0 Å². The molecule has 2 N–H and O–H groups in total. The van der Waals surface area contributed by atoms with E-state index < -0.39 is 28.3 Å². The summed E-state index contributed by atoms with van der Waals surface area (Å²) in [5.74, 6) is -0.906. The Hall–Kier alpha value is -4.22. The van der Waals surface area contributed by atoms with Gasteiger partial charge in [0, 0.05) is 11.4 Å². The van der Waals surface area contributed by atoms with Gasteiger partial charge in [-0.1, -0.05) is 0 Å². The molecule has 0 atom stereocenters. The topological polar surface area (TPSA) is 119 Å². The highest BCUT2D eigenvalue weighted by Crippen LogP contribution is 2.34. The van der Waals surface area contributed by atoms with Crippen molar-refractivity contribution in [3.05, 3.63) is 76.1 Å². The number of nitrogens with one attached hydrogen (secondary N) is 2. The number of rotatable bonds is 6. The minimum absolute atomic E-state index is 0.153. The van der Waals surface area contributed by atoms with Crippen molar-refractivity contribution in [2.75, 3.05) is 17.7 Å². The third-order valence-corrected chi connectivity index (χ3v) is 4.05. The van der Waals surface area contributed by atoms with Gasteiger partial charge in [0.25, 0.3) is 0 Å². The molecule has 1 aromatic heterocycles. The van der Waals surface area contributed by atoms with Gasteiger partial charge in [-0.05, 0) is 48.5 Å². The zero-order valence-corrected chi connectivity index (χ0v) is 15.8. The van der Waals surface area contributed by atoms with Gasteiger partial charge in [0.05, 0.1) is 23.2 Å². The van der Waals surface area contributed by atoms with Gasteiger partial charge in [-0.25, -0.2) is 14.8 Å². The summed E-state index contributed by atoms with van der Waals surface area (Å²) in [6.45, 7) is 0. The molecule has 0 saturated carbocycles. The highest BCUT2D eigenvalue weighted by molar-refractivity contribution is 5.90. The number of anilines is 4. The molecule has 0 bridgehead atoms. The van der Waals surface area contributed by atoms with Gasteiger partial charge in [-0.2, -0.15) is 13.2 Å². The lowest BCUT2D eigenvalue weighted by Gasteiger charge is -2.11. The summed E-state index contributed by atoms with van der Waals surface area (Å²) in [5.41, 5.74) is -0.513. The second kappa shape index (κ2) is 8.65. The maximum absolute atomic E-state index is 12.7. The van der Waals surface area contributed by atoms with E-state index in [1.165, 1.54) is 31.4 Å². The number of halogens is 3. The number of hydrogen-bond donors (Lipinski definition) is 2. The van der Waals surface area contributed by atoms with Crippen molar-refractivity contribution in [1.82, 2.24) is 9.97 Å². The summed E-state index contributed by atoms with van der Waals surface area (Å²) < 4.78 is 42.7. The number of esters is 1. The SMILES string of the molecule is COC(=O)c1ccc(Nc2ncnc(Nc3ccc(C(F)(F)F)cc3)c2[N+](=O)[O-])cc1. The minimum atomic E-state index is -4.50. The number of nitrogens with zero attached hydrogens (tertiary/aromatic N) is 3. The smallest absolute Gasteiger partial charge is 0.416 e. The average molecular weight is 433 g/mol. The number of methoxy groups -OCH3 is 1. The van der Waals surface area contributed by atoms with Crippen LogP contribution in [0.3, 0.4) is 0 Å². The summed E-state index contributed by atoms with van der Waals surface area (Å²) in [7, 11) is 1.24. The van der Waals surface area contributed by atoms with Crippen LogP contribution in [0.25, 0.3) is 0 Å². The lowest BCUT2D eigenvalue weighted by atomic mass is 10.2. The first-order chi connectivity index (χ1) is 14.7. The number of ether oxygens (including phenoxy) is 1. The second-order valence-electron chi connectivity index (χ2n) is 6.07. The van der Waals surface area contributed by atoms with Crippen LogP contribution in [0.15, 0.2) is 54.9 Å². The molecule has 2 aromatic carbocycles. The number of carbonyl (C=O) groups is 1. The molecule has 1 heterocycles. The van der Waals surface area contributed by atoms with E-state index in [0.29, 0.717) is 5.69 Å². The molecule has 3 aromatic rings. The summed E-state index contributed by atoms with van der Waals surface area (Å²) >= 11 is 0. The van der Waals surface area contributed by atoms with E-state index in [2.05, 4.69) is 25.3 Å². The Morgan fingerprint density at radius 1 is 0.968 bits per heavy atom. The van der Waals surface area contributed by atoms with Gasteiger partial charge in [0.15, 0.2) is 0 Å². The van der Waals surface area contributed by atoms with Crippen molar-refractivity contribution in [2.45, 2.75) is 6.18 Å². The summed E-state index contributed by atoms with van der Waals surface area (Å²) in [4.78, 5) is 30.1. The first kappa shape index (κ1) is 21.5. The summed E-state index contributed by atoms with van der Waals surface area (Å²) in [6.07, 6.45) is -3.44. The Balaban J connectivity index is 1.87. The first-order valence-electron chi connectivity index (χ1n) is 8.58. The van der Waals surface area contributed by atoms with Crippen molar-refractivity contribution in [1.29, 1.82) is 0 Å². The molecule has 0 unspecified atom stereocenters. The van der Waals surface area contributed by atoms with E-state index in [1.54, 1.807) is 0 Å². The minimum Gasteiger partial charge on any atom is -0.465 e. The van der Waals surface area contributed by atoms with Gasteiger partial charge in [0.1, 0.15) is 6.33 Å². The normalized spacial score (nSPS) is 11.0. The molecule has 0 fully saturated rings. The molecular formula is C19H14F3N5O4. The highest BCUT2D eigenvalue weighted by Gasteiger charge is 2.30. The van der Waals surface area contributed by atoms with E-state index in [1.807, 2.05) is 0 Å². The Bertz CT molecular complexity index is 1100. The Labute approximate surface area is 173 Å². The molecule has 9 nitrogen and oxygen atoms in total. The number of alkyl halides is 3. The molecule has 0 aliphatic rings. The lowest BCUT2D eigenvalue weighted by molar-refractivity contribution is -0.383. The third-order valence-electron chi connectivity index (χ3n) is 4.05. The molecule has 0 saturated heterocycles. The number of nitro groups is 1. The van der Waals surface area contributed by atoms with Crippen molar-refractivity contribution >= 4 is 34.7 Å². The number of aromatic nitrogens is 2. The van der Waals surface area contributed by atoms with Crippen molar-refractivity contribution in [3.8, 4) is 0 Å². The fourth-order valence-corrected chi connectivity index (χ4v) is 2.56. The fraction of sp³-hybridized carbons (Fsp3) is 0.105. The summed E-state index contributed by atoms with van der Waals surface area (Å²) in [6, 6.07) is 9.88. The lowest BCUT2D eigenvalue weighted by Crippen LogP contribution is -2.07. The molecule has 160 valence electrons. The van der Waals surface area contributed by atoms with E-state index in [-0.39, 0.29) is 22.9 Å². The zero-order valence-electron chi connectivity index (χ0n) is 15.8. The van der Waals surface area contributed by atoms with Gasteiger partial charge < -0.3 is 15.4 Å². The second-order valence-corrected chi connectivity index (χ2v) is 6.07. The quantitative estimate of drug-likeness (QED) is 0.327. The van der Waals surface area contributed by atoms with Crippen LogP contribution < -0.4 is 10.6 Å². The summed E-state index contributed by atoms with van der Waals surface area (Å²) in [5, 5.41) is 17.0. The van der Waals surface area contributed by atoms with Gasteiger partial charge >= 0.3 is 17.8 Å². The molecule has 12 heteroatoms. The number of hydrogen-bond acceptors (Lipinski definition) is 8. The molecule has 0 aliphatic heterocycles. The van der Waals surface area contributed by atoms with E-state index in [9.17, 15) is 28.1 Å². The maximum atomic E-state index is 12.7. The third kappa shape index (κ3) is 5.04. The Morgan fingerprint density at radius 2 is 1.45 bits per heavy atom. The molecule has 0 aliphatic carbocycles. The van der Waals surface area contributed by atoms with Crippen molar-refractivity contribution in [2.24, 2.45) is 0 Å².